The van der Waals surface area contributed by atoms with Gasteiger partial charge in [-0.3, -0.25) is 0 Å². The van der Waals surface area contributed by atoms with E-state index >= 15 is 0 Å². The van der Waals surface area contributed by atoms with Crippen molar-refractivity contribution in [2.45, 2.75) is 50.0 Å². The Balaban J connectivity index is 2.36. The van der Waals surface area contributed by atoms with E-state index in [9.17, 15) is 5.11 Å². The molecule has 1 rings (SSSR count). The summed E-state index contributed by atoms with van der Waals surface area (Å²) in [6.07, 6.45) is 4.18. The van der Waals surface area contributed by atoms with Crippen LogP contribution in [0.25, 0.3) is 0 Å². The van der Waals surface area contributed by atoms with E-state index in [-0.39, 0.29) is 12.1 Å². The minimum Gasteiger partial charge on any atom is -0.497 e. The van der Waals surface area contributed by atoms with Gasteiger partial charge in [0.25, 0.3) is 0 Å². The van der Waals surface area contributed by atoms with Gasteiger partial charge in [0.1, 0.15) is 5.75 Å². The lowest BCUT2D eigenvalue weighted by molar-refractivity contribution is 0.146. The van der Waals surface area contributed by atoms with Gasteiger partial charge >= 0.3 is 0 Å². The molecule has 1 atom stereocenters. The van der Waals surface area contributed by atoms with Gasteiger partial charge in [-0.15, -0.1) is 11.8 Å². The maximum absolute atomic E-state index is 9.69. The molecule has 0 radical (unpaired) electrons. The maximum atomic E-state index is 9.69. The van der Waals surface area contributed by atoms with Crippen LogP contribution in [0.4, 0.5) is 0 Å². The van der Waals surface area contributed by atoms with Gasteiger partial charge in [0.15, 0.2) is 0 Å². The highest BCUT2D eigenvalue weighted by Crippen LogP contribution is 2.24. The normalized spacial score (nSPS) is 13.9. The van der Waals surface area contributed by atoms with E-state index in [1.54, 1.807) is 7.11 Å². The molecule has 4 heteroatoms. The Morgan fingerprint density at radius 2 is 1.95 bits per heavy atom. The molecule has 0 aliphatic carbocycles. The number of hydrogen-bond donors (Lipinski definition) is 2. The summed E-state index contributed by atoms with van der Waals surface area (Å²) in [6.45, 7) is 5.50. The third-order valence-corrected chi connectivity index (χ3v) is 4.96. The first-order valence-corrected chi connectivity index (χ1v) is 8.81. The number of hydrogen-bond acceptors (Lipinski definition) is 4. The SMILES string of the molecule is CCCNC(CC)(CO)CCCSc1ccc(OC)cc1. The predicted molar refractivity (Wildman–Crippen MR) is 91.4 cm³/mol. The molecule has 1 aromatic rings. The molecule has 0 spiro atoms. The molecule has 21 heavy (non-hydrogen) atoms. The van der Waals surface area contributed by atoms with E-state index in [1.165, 1.54) is 4.90 Å². The van der Waals surface area contributed by atoms with Crippen molar-refractivity contribution < 1.29 is 9.84 Å². The van der Waals surface area contributed by atoms with Crippen LogP contribution in [0.5, 0.6) is 5.75 Å². The number of rotatable bonds is 11. The second-order valence-electron chi connectivity index (χ2n) is 5.35. The summed E-state index contributed by atoms with van der Waals surface area (Å²) < 4.78 is 5.16. The Kier molecular flexibility index (Phi) is 8.81. The van der Waals surface area contributed by atoms with Crippen molar-refractivity contribution in [3.63, 3.8) is 0 Å². The Hall–Kier alpha value is -0.710. The van der Waals surface area contributed by atoms with Crippen LogP contribution in [0.2, 0.25) is 0 Å². The zero-order valence-corrected chi connectivity index (χ0v) is 14.3. The molecule has 0 aromatic heterocycles. The average Bonchev–Trinajstić information content (AvgIpc) is 2.55. The van der Waals surface area contributed by atoms with E-state index < -0.39 is 0 Å². The topological polar surface area (TPSA) is 41.5 Å². The van der Waals surface area contributed by atoms with E-state index in [4.69, 9.17) is 4.74 Å². The number of methoxy groups -OCH3 is 1. The van der Waals surface area contributed by atoms with Crippen LogP contribution in [-0.2, 0) is 0 Å². The van der Waals surface area contributed by atoms with Gasteiger partial charge < -0.3 is 15.2 Å². The summed E-state index contributed by atoms with van der Waals surface area (Å²) >= 11 is 1.86. The Labute approximate surface area is 133 Å². The molecule has 0 saturated carbocycles. The third kappa shape index (κ3) is 6.29. The second kappa shape index (κ2) is 10.1. The molecule has 0 aliphatic rings. The van der Waals surface area contributed by atoms with Gasteiger partial charge in [-0.25, -0.2) is 0 Å². The fraction of sp³-hybridized carbons (Fsp3) is 0.647. The molecular weight excluding hydrogens is 282 g/mol. The summed E-state index contributed by atoms with van der Waals surface area (Å²) in [6, 6.07) is 8.18. The van der Waals surface area contributed by atoms with Crippen LogP contribution < -0.4 is 10.1 Å². The number of thioether (sulfide) groups is 1. The van der Waals surface area contributed by atoms with E-state index in [0.717, 1.165) is 43.7 Å². The molecular formula is C17H29NO2S. The first-order chi connectivity index (χ1) is 10.2. The van der Waals surface area contributed by atoms with Crippen LogP contribution in [0.3, 0.4) is 0 Å². The lowest BCUT2D eigenvalue weighted by Crippen LogP contribution is -2.48. The van der Waals surface area contributed by atoms with Gasteiger partial charge in [0, 0.05) is 10.4 Å². The summed E-state index contributed by atoms with van der Waals surface area (Å²) in [5, 5.41) is 13.2. The van der Waals surface area contributed by atoms with Crippen LogP contribution in [0, 0.1) is 0 Å². The van der Waals surface area contributed by atoms with Crippen molar-refractivity contribution in [2.75, 3.05) is 26.0 Å². The zero-order valence-electron chi connectivity index (χ0n) is 13.5. The second-order valence-corrected chi connectivity index (χ2v) is 6.51. The van der Waals surface area contributed by atoms with Crippen molar-refractivity contribution in [3.05, 3.63) is 24.3 Å². The average molecular weight is 311 g/mol. The van der Waals surface area contributed by atoms with Crippen molar-refractivity contribution in [2.24, 2.45) is 0 Å². The fourth-order valence-corrected chi connectivity index (χ4v) is 3.15. The Morgan fingerprint density at radius 3 is 2.48 bits per heavy atom. The molecule has 0 amide bonds. The van der Waals surface area contributed by atoms with Gasteiger partial charge in [0.05, 0.1) is 13.7 Å². The standard InChI is InChI=1S/C17H29NO2S/c1-4-12-18-17(5-2,14-19)11-6-13-21-16-9-7-15(20-3)8-10-16/h7-10,18-19H,4-6,11-14H2,1-3H3. The molecule has 3 nitrogen and oxygen atoms in total. The molecule has 0 aliphatic heterocycles. The van der Waals surface area contributed by atoms with Gasteiger partial charge in [-0.1, -0.05) is 13.8 Å². The lowest BCUT2D eigenvalue weighted by Gasteiger charge is -2.32. The van der Waals surface area contributed by atoms with Crippen LogP contribution in [0.15, 0.2) is 29.2 Å². The van der Waals surface area contributed by atoms with E-state index in [0.29, 0.717) is 0 Å². The zero-order chi connectivity index (χ0) is 15.6. The minimum absolute atomic E-state index is 0.101. The van der Waals surface area contributed by atoms with Gasteiger partial charge in [-0.05, 0) is 62.2 Å². The molecule has 0 fully saturated rings. The number of aliphatic hydroxyl groups is 1. The molecule has 0 heterocycles. The monoisotopic (exact) mass is 311 g/mol. The van der Waals surface area contributed by atoms with Crippen LogP contribution in [0.1, 0.15) is 39.5 Å². The number of aliphatic hydroxyl groups excluding tert-OH is 1. The summed E-state index contributed by atoms with van der Waals surface area (Å²) in [4.78, 5) is 1.27. The first kappa shape index (κ1) is 18.3. The van der Waals surface area contributed by atoms with Crippen molar-refractivity contribution in [1.29, 1.82) is 0 Å². The molecule has 1 unspecified atom stereocenters. The highest BCUT2D eigenvalue weighted by molar-refractivity contribution is 7.99. The molecule has 0 saturated heterocycles. The fourth-order valence-electron chi connectivity index (χ4n) is 2.30. The molecule has 120 valence electrons. The highest BCUT2D eigenvalue weighted by atomic mass is 32.2. The number of ether oxygens (including phenoxy) is 1. The van der Waals surface area contributed by atoms with E-state index in [2.05, 4.69) is 31.3 Å². The minimum atomic E-state index is -0.101. The Bertz CT molecular complexity index is 377. The molecule has 0 bridgehead atoms. The van der Waals surface area contributed by atoms with Crippen molar-refractivity contribution in [3.8, 4) is 5.75 Å². The quantitative estimate of drug-likeness (QED) is 0.483. The summed E-state index contributed by atoms with van der Waals surface area (Å²) in [7, 11) is 1.69. The van der Waals surface area contributed by atoms with Crippen LogP contribution in [-0.4, -0.2) is 36.7 Å². The predicted octanol–water partition coefficient (Wildman–Crippen LogP) is 3.71. The summed E-state index contributed by atoms with van der Waals surface area (Å²) in [5.41, 5.74) is -0.101. The number of nitrogens with one attached hydrogen (secondary N) is 1. The number of benzene rings is 1. The first-order valence-electron chi connectivity index (χ1n) is 7.82. The Morgan fingerprint density at radius 1 is 1.24 bits per heavy atom. The summed E-state index contributed by atoms with van der Waals surface area (Å²) in [5.74, 6) is 1.97. The maximum Gasteiger partial charge on any atom is 0.118 e. The largest absolute Gasteiger partial charge is 0.497 e. The van der Waals surface area contributed by atoms with E-state index in [1.807, 2.05) is 23.9 Å². The van der Waals surface area contributed by atoms with Crippen LogP contribution >= 0.6 is 11.8 Å². The third-order valence-electron chi connectivity index (χ3n) is 3.86. The van der Waals surface area contributed by atoms with Crippen molar-refractivity contribution in [1.82, 2.24) is 5.32 Å². The molecule has 2 N–H and O–H groups in total. The van der Waals surface area contributed by atoms with Crippen molar-refractivity contribution >= 4 is 11.8 Å². The molecule has 1 aromatic carbocycles. The lowest BCUT2D eigenvalue weighted by atomic mass is 9.91. The van der Waals surface area contributed by atoms with Gasteiger partial charge in [0.2, 0.25) is 0 Å². The van der Waals surface area contributed by atoms with Gasteiger partial charge in [-0.2, -0.15) is 0 Å². The highest BCUT2D eigenvalue weighted by Gasteiger charge is 2.25. The smallest absolute Gasteiger partial charge is 0.118 e.